The van der Waals surface area contributed by atoms with E-state index in [2.05, 4.69) is 42.6 Å². The number of benzene rings is 1. The number of rotatable bonds is 3. The van der Waals surface area contributed by atoms with Crippen molar-refractivity contribution < 1.29 is 0 Å². The number of anilines is 1. The zero-order chi connectivity index (χ0) is 11.2. The molecule has 2 rings (SSSR count). The first-order valence-electron chi connectivity index (χ1n) is 6.70. The van der Waals surface area contributed by atoms with Crippen LogP contribution < -0.4 is 5.32 Å². The Labute approximate surface area is 99.3 Å². The lowest BCUT2D eigenvalue weighted by molar-refractivity contribution is 0.444. The molecule has 1 nitrogen and oxygen atoms in total. The van der Waals surface area contributed by atoms with Crippen LogP contribution in [0.1, 0.15) is 45.4 Å². The van der Waals surface area contributed by atoms with E-state index in [1.807, 2.05) is 0 Å². The van der Waals surface area contributed by atoms with Crippen LogP contribution in [0.3, 0.4) is 0 Å². The van der Waals surface area contributed by atoms with Gasteiger partial charge in [0.2, 0.25) is 0 Å². The lowest BCUT2D eigenvalue weighted by Gasteiger charge is -2.17. The second kappa shape index (κ2) is 5.93. The summed E-state index contributed by atoms with van der Waals surface area (Å²) in [6.45, 7) is 2.33. The molecule has 0 amide bonds. The van der Waals surface area contributed by atoms with Gasteiger partial charge >= 0.3 is 0 Å². The van der Waals surface area contributed by atoms with E-state index in [1.54, 1.807) is 0 Å². The highest BCUT2D eigenvalue weighted by molar-refractivity contribution is 5.43. The van der Waals surface area contributed by atoms with Crippen LogP contribution in [0.2, 0.25) is 0 Å². The molecule has 0 spiro atoms. The molecule has 1 aromatic carbocycles. The van der Waals surface area contributed by atoms with Crippen LogP contribution in [0.15, 0.2) is 30.3 Å². The minimum absolute atomic E-state index is 0.693. The third-order valence-electron chi connectivity index (χ3n) is 3.81. The van der Waals surface area contributed by atoms with Crippen molar-refractivity contribution in [1.29, 1.82) is 0 Å². The van der Waals surface area contributed by atoms with Gasteiger partial charge in [-0.15, -0.1) is 0 Å². The van der Waals surface area contributed by atoms with E-state index in [-0.39, 0.29) is 0 Å². The number of para-hydroxylation sites is 1. The molecule has 0 saturated heterocycles. The molecule has 1 heteroatoms. The third-order valence-corrected chi connectivity index (χ3v) is 3.81. The third kappa shape index (κ3) is 3.26. The van der Waals surface area contributed by atoms with Gasteiger partial charge in [-0.1, -0.05) is 44.4 Å². The summed E-state index contributed by atoms with van der Waals surface area (Å²) in [6, 6.07) is 11.3. The lowest BCUT2D eigenvalue weighted by atomic mass is 9.98. The van der Waals surface area contributed by atoms with Crippen molar-refractivity contribution in [2.45, 2.75) is 51.5 Å². The summed E-state index contributed by atoms with van der Waals surface area (Å²) >= 11 is 0. The maximum atomic E-state index is 3.67. The molecule has 1 N–H and O–H groups in total. The fourth-order valence-corrected chi connectivity index (χ4v) is 2.70. The van der Waals surface area contributed by atoms with Gasteiger partial charge in [0.25, 0.3) is 0 Å². The van der Waals surface area contributed by atoms with E-state index in [4.69, 9.17) is 0 Å². The van der Waals surface area contributed by atoms with Crippen molar-refractivity contribution in [2.75, 3.05) is 5.32 Å². The van der Waals surface area contributed by atoms with Crippen LogP contribution in [-0.4, -0.2) is 6.04 Å². The molecular weight excluding hydrogens is 194 g/mol. The Kier molecular flexibility index (Phi) is 4.26. The van der Waals surface area contributed by atoms with Crippen molar-refractivity contribution in [3.05, 3.63) is 30.3 Å². The molecule has 2 atom stereocenters. The quantitative estimate of drug-likeness (QED) is 0.737. The average molecular weight is 217 g/mol. The molecule has 0 bridgehead atoms. The van der Waals surface area contributed by atoms with E-state index in [9.17, 15) is 0 Å². The van der Waals surface area contributed by atoms with Gasteiger partial charge in [0, 0.05) is 11.7 Å². The highest BCUT2D eigenvalue weighted by Gasteiger charge is 2.17. The SMILES string of the molecule is CCC1CCCC(Nc2ccccc2)CC1. The molecule has 16 heavy (non-hydrogen) atoms. The van der Waals surface area contributed by atoms with Gasteiger partial charge in [0.15, 0.2) is 0 Å². The second-order valence-electron chi connectivity index (χ2n) is 4.99. The van der Waals surface area contributed by atoms with Gasteiger partial charge in [-0.05, 0) is 37.3 Å². The summed E-state index contributed by atoms with van der Waals surface area (Å²) in [5.41, 5.74) is 1.28. The van der Waals surface area contributed by atoms with Crippen molar-refractivity contribution in [3.63, 3.8) is 0 Å². The standard InChI is InChI=1S/C15H23N/c1-2-13-7-6-10-15(12-11-13)16-14-8-4-3-5-9-14/h3-5,8-9,13,15-16H,2,6-7,10-12H2,1H3. The van der Waals surface area contributed by atoms with Crippen molar-refractivity contribution in [2.24, 2.45) is 5.92 Å². The zero-order valence-electron chi connectivity index (χ0n) is 10.3. The number of hydrogen-bond acceptors (Lipinski definition) is 1. The first-order valence-corrected chi connectivity index (χ1v) is 6.70. The van der Waals surface area contributed by atoms with E-state index < -0.39 is 0 Å². The predicted molar refractivity (Wildman–Crippen MR) is 70.7 cm³/mol. The molecule has 0 aromatic heterocycles. The monoisotopic (exact) mass is 217 g/mol. The Morgan fingerprint density at radius 1 is 1.06 bits per heavy atom. The molecule has 1 aliphatic rings. The first-order chi connectivity index (χ1) is 7.88. The molecule has 1 aromatic rings. The van der Waals surface area contributed by atoms with Crippen molar-refractivity contribution in [3.8, 4) is 0 Å². The minimum Gasteiger partial charge on any atom is -0.382 e. The summed E-state index contributed by atoms with van der Waals surface area (Å²) in [6.07, 6.45) is 8.27. The average Bonchev–Trinajstić information content (AvgIpc) is 2.56. The van der Waals surface area contributed by atoms with Crippen LogP contribution in [0.4, 0.5) is 5.69 Å². The molecule has 0 heterocycles. The van der Waals surface area contributed by atoms with Gasteiger partial charge in [0.1, 0.15) is 0 Å². The van der Waals surface area contributed by atoms with Gasteiger partial charge < -0.3 is 5.32 Å². The van der Waals surface area contributed by atoms with Gasteiger partial charge in [-0.3, -0.25) is 0 Å². The maximum absolute atomic E-state index is 3.67. The number of hydrogen-bond donors (Lipinski definition) is 1. The van der Waals surface area contributed by atoms with E-state index in [0.29, 0.717) is 6.04 Å². The molecule has 0 radical (unpaired) electrons. The van der Waals surface area contributed by atoms with Crippen LogP contribution in [0.5, 0.6) is 0 Å². The molecule has 1 aliphatic carbocycles. The Morgan fingerprint density at radius 3 is 2.62 bits per heavy atom. The Balaban J connectivity index is 1.86. The summed E-state index contributed by atoms with van der Waals surface area (Å²) in [5.74, 6) is 0.975. The highest BCUT2D eigenvalue weighted by Crippen LogP contribution is 2.27. The Hall–Kier alpha value is -0.980. The van der Waals surface area contributed by atoms with E-state index in [1.165, 1.54) is 44.2 Å². The van der Waals surface area contributed by atoms with Gasteiger partial charge in [-0.2, -0.15) is 0 Å². The Bertz CT molecular complexity index is 294. The zero-order valence-corrected chi connectivity index (χ0v) is 10.3. The summed E-state index contributed by atoms with van der Waals surface area (Å²) in [7, 11) is 0. The van der Waals surface area contributed by atoms with E-state index in [0.717, 1.165) is 5.92 Å². The van der Waals surface area contributed by atoms with Crippen molar-refractivity contribution >= 4 is 5.69 Å². The molecule has 88 valence electrons. The van der Waals surface area contributed by atoms with Gasteiger partial charge in [-0.25, -0.2) is 0 Å². The smallest absolute Gasteiger partial charge is 0.0342 e. The Morgan fingerprint density at radius 2 is 1.88 bits per heavy atom. The molecule has 1 fully saturated rings. The van der Waals surface area contributed by atoms with Gasteiger partial charge in [0.05, 0.1) is 0 Å². The molecular formula is C15H23N. The maximum Gasteiger partial charge on any atom is 0.0342 e. The largest absolute Gasteiger partial charge is 0.382 e. The molecule has 1 saturated carbocycles. The van der Waals surface area contributed by atoms with Crippen LogP contribution >= 0.6 is 0 Å². The predicted octanol–water partition coefficient (Wildman–Crippen LogP) is 4.46. The summed E-state index contributed by atoms with van der Waals surface area (Å²) in [4.78, 5) is 0. The normalized spacial score (nSPS) is 26.1. The number of nitrogens with one attached hydrogen (secondary N) is 1. The lowest BCUT2D eigenvalue weighted by Crippen LogP contribution is -2.18. The molecule has 2 unspecified atom stereocenters. The fourth-order valence-electron chi connectivity index (χ4n) is 2.70. The minimum atomic E-state index is 0.693. The van der Waals surface area contributed by atoms with E-state index >= 15 is 0 Å². The molecule has 0 aliphatic heterocycles. The topological polar surface area (TPSA) is 12.0 Å². The summed E-state index contributed by atoms with van der Waals surface area (Å²) in [5, 5.41) is 3.67. The van der Waals surface area contributed by atoms with Crippen molar-refractivity contribution in [1.82, 2.24) is 0 Å². The fraction of sp³-hybridized carbons (Fsp3) is 0.600. The summed E-state index contributed by atoms with van der Waals surface area (Å²) < 4.78 is 0. The highest BCUT2D eigenvalue weighted by atomic mass is 14.9. The van der Waals surface area contributed by atoms with Crippen LogP contribution in [0.25, 0.3) is 0 Å². The van der Waals surface area contributed by atoms with Crippen LogP contribution in [-0.2, 0) is 0 Å². The first kappa shape index (κ1) is 11.5. The van der Waals surface area contributed by atoms with Crippen LogP contribution in [0, 0.1) is 5.92 Å². The second-order valence-corrected chi connectivity index (χ2v) is 4.99.